The van der Waals surface area contributed by atoms with Crippen LogP contribution < -0.4 is 9.13 Å². The van der Waals surface area contributed by atoms with Crippen LogP contribution in [0.5, 0.6) is 0 Å². The van der Waals surface area contributed by atoms with Gasteiger partial charge in [-0.05, 0) is 35.6 Å². The first kappa shape index (κ1) is 26.8. The van der Waals surface area contributed by atoms with Crippen molar-refractivity contribution in [2.45, 2.75) is 0 Å². The molecule has 2 aromatic heterocycles. The van der Waals surface area contributed by atoms with E-state index in [1.54, 1.807) is 0 Å². The zero-order valence-corrected chi connectivity index (χ0v) is 25.2. The summed E-state index contributed by atoms with van der Waals surface area (Å²) in [5, 5.41) is 0. The normalized spacial score (nSPS) is 11.1. The van der Waals surface area contributed by atoms with Crippen molar-refractivity contribution < 1.29 is 30.2 Å². The van der Waals surface area contributed by atoms with E-state index in [0.717, 1.165) is 55.9 Å². The molecule has 0 saturated carbocycles. The Bertz CT molecular complexity index is 2040. The number of imidazole rings is 2. The number of nitrogens with zero attached hydrogens (tertiary/aromatic N) is 4. The summed E-state index contributed by atoms with van der Waals surface area (Å²) in [6.07, 6.45) is 7.11. The fraction of sp³-hybridized carbons (Fsp3) is 0. The maximum absolute atomic E-state index is 3.64. The van der Waals surface area contributed by atoms with Gasteiger partial charge in [0.05, 0.1) is 33.4 Å². The van der Waals surface area contributed by atoms with E-state index in [4.69, 9.17) is 0 Å². The van der Waals surface area contributed by atoms with Gasteiger partial charge in [-0.2, -0.15) is 36.4 Å². The number of para-hydroxylation sites is 6. The fourth-order valence-electron chi connectivity index (χ4n) is 5.50. The SMILES string of the molecule is [Pt+4].[c-]1c(-c2[c-]c(-n3[c-][n+](-c4ccccc4)c4ccccc43)ccc2)cccc1-n1[c-][n+](-c2ccccc2)c2ccccc21. The van der Waals surface area contributed by atoms with Gasteiger partial charge in [-0.15, -0.1) is 12.1 Å². The van der Waals surface area contributed by atoms with Crippen LogP contribution in [0.25, 0.3) is 55.9 Å². The Kier molecular flexibility index (Phi) is 7.06. The molecule has 43 heavy (non-hydrogen) atoms. The summed E-state index contributed by atoms with van der Waals surface area (Å²) in [6, 6.07) is 57.1. The monoisotopic (exact) mass is 731 g/mol. The summed E-state index contributed by atoms with van der Waals surface area (Å²) in [6.45, 7) is 0. The van der Waals surface area contributed by atoms with Crippen molar-refractivity contribution in [2.24, 2.45) is 0 Å². The number of benzene rings is 6. The standard InChI is InChI=1S/C38H24N4.Pt/c1-3-15-31(16-4-1)39-27-41(37-23-9-7-21-35(37)39)33-19-11-13-29(25-33)30-14-12-20-34(26-30)42-28-40(32-17-5-2-6-18-32)36-22-8-10-24-38(36)42;/h1-24H;/q-2;+4. The molecule has 0 radical (unpaired) electrons. The number of hydrogen-bond acceptors (Lipinski definition) is 0. The minimum atomic E-state index is 0. The van der Waals surface area contributed by atoms with Crippen LogP contribution in [-0.2, 0) is 21.1 Å². The molecule has 0 aliphatic heterocycles. The third kappa shape index (κ3) is 4.80. The number of hydrogen-bond donors (Lipinski definition) is 0. The quantitative estimate of drug-likeness (QED) is 0.134. The second kappa shape index (κ2) is 11.3. The molecule has 8 rings (SSSR count). The van der Waals surface area contributed by atoms with Crippen LogP contribution in [0.2, 0.25) is 0 Å². The van der Waals surface area contributed by atoms with Crippen LogP contribution in [0.15, 0.2) is 146 Å². The molecule has 0 saturated heterocycles. The van der Waals surface area contributed by atoms with Crippen molar-refractivity contribution in [1.82, 2.24) is 9.13 Å². The summed E-state index contributed by atoms with van der Waals surface area (Å²) in [4.78, 5) is 0. The van der Waals surface area contributed by atoms with E-state index in [0.29, 0.717) is 0 Å². The summed E-state index contributed by atoms with van der Waals surface area (Å²) in [5.74, 6) is 0. The maximum Gasteiger partial charge on any atom is 4.00 e. The number of rotatable bonds is 5. The van der Waals surface area contributed by atoms with Crippen LogP contribution in [0.3, 0.4) is 0 Å². The van der Waals surface area contributed by atoms with Crippen LogP contribution in [0.4, 0.5) is 0 Å². The average Bonchev–Trinajstić information content (AvgIpc) is 3.66. The average molecular weight is 732 g/mol. The molecule has 0 aliphatic carbocycles. The molecular formula is C38H24N4Pt+2. The molecule has 0 N–H and O–H groups in total. The summed E-state index contributed by atoms with van der Waals surface area (Å²) in [7, 11) is 0. The third-order valence-corrected chi connectivity index (χ3v) is 7.49. The number of aromatic nitrogens is 4. The molecule has 2 heterocycles. The maximum atomic E-state index is 3.64. The van der Waals surface area contributed by atoms with Gasteiger partial charge in [0.25, 0.3) is 12.7 Å². The number of fused-ring (bicyclic) bond motifs is 2. The molecule has 8 aromatic rings. The van der Waals surface area contributed by atoms with E-state index in [2.05, 4.69) is 152 Å². The van der Waals surface area contributed by atoms with Crippen molar-refractivity contribution in [1.29, 1.82) is 0 Å². The molecule has 0 atom stereocenters. The molecule has 0 bridgehead atoms. The summed E-state index contributed by atoms with van der Waals surface area (Å²) >= 11 is 0. The van der Waals surface area contributed by atoms with Crippen LogP contribution >= 0.6 is 0 Å². The Morgan fingerprint density at radius 1 is 0.395 bits per heavy atom. The van der Waals surface area contributed by atoms with Gasteiger partial charge in [-0.25, -0.2) is 11.1 Å². The van der Waals surface area contributed by atoms with Crippen LogP contribution in [-0.4, -0.2) is 9.13 Å². The topological polar surface area (TPSA) is 17.6 Å². The Morgan fingerprint density at radius 2 is 0.791 bits per heavy atom. The predicted octanol–water partition coefficient (Wildman–Crippen LogP) is 6.99. The van der Waals surface area contributed by atoms with Gasteiger partial charge in [0.15, 0.2) is 0 Å². The molecule has 0 amide bonds. The first-order chi connectivity index (χ1) is 20.8. The van der Waals surface area contributed by atoms with Crippen molar-refractivity contribution in [3.05, 3.63) is 170 Å². The van der Waals surface area contributed by atoms with Crippen molar-refractivity contribution >= 4 is 22.1 Å². The second-order valence-corrected chi connectivity index (χ2v) is 10.1. The van der Waals surface area contributed by atoms with Gasteiger partial charge < -0.3 is 9.13 Å². The molecule has 0 spiro atoms. The molecule has 0 unspecified atom stereocenters. The van der Waals surface area contributed by atoms with Gasteiger partial charge in [-0.1, -0.05) is 84.9 Å². The van der Waals surface area contributed by atoms with E-state index < -0.39 is 0 Å². The summed E-state index contributed by atoms with van der Waals surface area (Å²) < 4.78 is 8.34. The first-order valence-corrected chi connectivity index (χ1v) is 13.9. The van der Waals surface area contributed by atoms with Gasteiger partial charge >= 0.3 is 21.1 Å². The first-order valence-electron chi connectivity index (χ1n) is 13.9. The minimum Gasteiger partial charge on any atom is -0.310 e. The zero-order valence-electron chi connectivity index (χ0n) is 23.0. The molecule has 0 fully saturated rings. The zero-order chi connectivity index (χ0) is 27.9. The fourth-order valence-corrected chi connectivity index (χ4v) is 5.50. The van der Waals surface area contributed by atoms with Crippen LogP contribution in [0.1, 0.15) is 0 Å². The molecule has 6 aromatic carbocycles. The van der Waals surface area contributed by atoms with Crippen LogP contribution in [0, 0.1) is 24.8 Å². The predicted molar refractivity (Wildman–Crippen MR) is 164 cm³/mol. The van der Waals surface area contributed by atoms with E-state index >= 15 is 0 Å². The van der Waals surface area contributed by atoms with Gasteiger partial charge in [0, 0.05) is 0 Å². The Labute approximate surface area is 264 Å². The smallest absolute Gasteiger partial charge is 0.310 e. The van der Waals surface area contributed by atoms with Gasteiger partial charge in [0.2, 0.25) is 0 Å². The van der Waals surface area contributed by atoms with E-state index in [1.165, 1.54) is 0 Å². The third-order valence-electron chi connectivity index (χ3n) is 7.49. The molecule has 0 aliphatic rings. The molecule has 5 heteroatoms. The molecular weight excluding hydrogens is 708 g/mol. The largest absolute Gasteiger partial charge is 4.00 e. The second-order valence-electron chi connectivity index (χ2n) is 10.1. The van der Waals surface area contributed by atoms with E-state index in [9.17, 15) is 0 Å². The Hall–Kier alpha value is -5.05. The van der Waals surface area contributed by atoms with Gasteiger partial charge in [-0.3, -0.25) is 9.13 Å². The minimum absolute atomic E-state index is 0. The Morgan fingerprint density at radius 3 is 1.23 bits per heavy atom. The van der Waals surface area contributed by atoms with Gasteiger partial charge in [0.1, 0.15) is 0 Å². The molecule has 4 nitrogen and oxygen atoms in total. The molecule has 204 valence electrons. The van der Waals surface area contributed by atoms with Crippen molar-refractivity contribution in [3.8, 4) is 33.9 Å². The van der Waals surface area contributed by atoms with E-state index in [1.807, 2.05) is 36.4 Å². The van der Waals surface area contributed by atoms with Crippen molar-refractivity contribution in [3.63, 3.8) is 0 Å². The Balaban J connectivity index is 0.00000300. The van der Waals surface area contributed by atoms with Crippen molar-refractivity contribution in [2.75, 3.05) is 0 Å². The van der Waals surface area contributed by atoms with E-state index in [-0.39, 0.29) is 21.1 Å². The summed E-state index contributed by atoms with van der Waals surface area (Å²) in [5.41, 5.74) is 10.2.